The third kappa shape index (κ3) is 5.43. The van der Waals surface area contributed by atoms with Crippen molar-refractivity contribution in [2.24, 2.45) is 5.92 Å². The van der Waals surface area contributed by atoms with Gasteiger partial charge in [-0.3, -0.25) is 14.4 Å². The molecule has 0 radical (unpaired) electrons. The van der Waals surface area contributed by atoms with Gasteiger partial charge in [0.2, 0.25) is 5.91 Å². The Morgan fingerprint density at radius 1 is 0.719 bits per heavy atom. The molecule has 3 aromatic rings. The lowest BCUT2D eigenvalue weighted by Crippen LogP contribution is -2.24. The number of hydrogen-bond donors (Lipinski definition) is 3. The zero-order chi connectivity index (χ0) is 22.3. The van der Waals surface area contributed by atoms with Gasteiger partial charge >= 0.3 is 0 Å². The smallest absolute Gasteiger partial charge is 0.291 e. The van der Waals surface area contributed by atoms with Gasteiger partial charge in [-0.1, -0.05) is 25.3 Å². The van der Waals surface area contributed by atoms with Gasteiger partial charge in [0.25, 0.3) is 11.8 Å². The summed E-state index contributed by atoms with van der Waals surface area (Å²) in [4.78, 5) is 37.2. The van der Waals surface area contributed by atoms with Crippen LogP contribution in [0.4, 0.5) is 17.1 Å². The Hall–Kier alpha value is -3.87. The van der Waals surface area contributed by atoms with Crippen molar-refractivity contribution in [3.8, 4) is 0 Å². The van der Waals surface area contributed by atoms with Crippen LogP contribution in [0.25, 0.3) is 0 Å². The standard InChI is InChI=1S/C25H25N3O4/c29-23(17-6-2-1-3-7-17)28-21-9-4-8-18(16-21)24(30)26-19-11-13-20(14-12-19)27-25(31)22-10-5-15-32-22/h4-5,8-17H,1-3,6-7H2,(H,26,30)(H,27,31)(H,28,29). The number of furan rings is 1. The van der Waals surface area contributed by atoms with Crippen LogP contribution in [0, 0.1) is 5.92 Å². The monoisotopic (exact) mass is 431 g/mol. The highest BCUT2D eigenvalue weighted by atomic mass is 16.3. The van der Waals surface area contributed by atoms with E-state index in [0.717, 1.165) is 25.7 Å². The number of carbonyl (C=O) groups excluding carboxylic acids is 3. The summed E-state index contributed by atoms with van der Waals surface area (Å²) < 4.78 is 5.07. The first-order chi connectivity index (χ1) is 15.6. The fourth-order valence-corrected chi connectivity index (χ4v) is 3.79. The van der Waals surface area contributed by atoms with E-state index in [4.69, 9.17) is 4.42 Å². The molecule has 2 aromatic carbocycles. The predicted octanol–water partition coefficient (Wildman–Crippen LogP) is 5.30. The molecule has 3 N–H and O–H groups in total. The maximum Gasteiger partial charge on any atom is 0.291 e. The van der Waals surface area contributed by atoms with Crippen LogP contribution in [0.1, 0.15) is 53.0 Å². The molecule has 0 spiro atoms. The molecule has 1 fully saturated rings. The van der Waals surface area contributed by atoms with Crippen LogP contribution in [0.5, 0.6) is 0 Å². The lowest BCUT2D eigenvalue weighted by Gasteiger charge is -2.20. The molecule has 7 nitrogen and oxygen atoms in total. The SMILES string of the molecule is O=C(Nc1ccc(NC(=O)c2ccco2)cc1)c1cccc(NC(=O)C2CCCCC2)c1. The summed E-state index contributed by atoms with van der Waals surface area (Å²) in [7, 11) is 0. The molecule has 0 unspecified atom stereocenters. The Morgan fingerprint density at radius 2 is 1.41 bits per heavy atom. The number of rotatable bonds is 6. The van der Waals surface area contributed by atoms with Crippen LogP contribution < -0.4 is 16.0 Å². The molecule has 0 atom stereocenters. The molecule has 4 rings (SSSR count). The van der Waals surface area contributed by atoms with Gasteiger partial charge in [0.1, 0.15) is 0 Å². The first-order valence-corrected chi connectivity index (χ1v) is 10.8. The fourth-order valence-electron chi connectivity index (χ4n) is 3.79. The molecule has 1 heterocycles. The number of nitrogens with one attached hydrogen (secondary N) is 3. The summed E-state index contributed by atoms with van der Waals surface area (Å²) in [5.41, 5.74) is 2.23. The maximum absolute atomic E-state index is 12.7. The molecule has 32 heavy (non-hydrogen) atoms. The second-order valence-corrected chi connectivity index (χ2v) is 7.87. The second kappa shape index (κ2) is 9.96. The zero-order valence-electron chi connectivity index (χ0n) is 17.6. The van der Waals surface area contributed by atoms with Gasteiger partial charge in [-0.15, -0.1) is 0 Å². The minimum atomic E-state index is -0.348. The zero-order valence-corrected chi connectivity index (χ0v) is 17.6. The van der Waals surface area contributed by atoms with Crippen molar-refractivity contribution in [1.82, 2.24) is 0 Å². The molecule has 0 saturated heterocycles. The number of anilines is 3. The molecular weight excluding hydrogens is 406 g/mol. The van der Waals surface area contributed by atoms with Crippen molar-refractivity contribution < 1.29 is 18.8 Å². The van der Waals surface area contributed by atoms with E-state index >= 15 is 0 Å². The van der Waals surface area contributed by atoms with Crippen LogP contribution in [0.2, 0.25) is 0 Å². The van der Waals surface area contributed by atoms with Crippen LogP contribution in [0.3, 0.4) is 0 Å². The topological polar surface area (TPSA) is 100 Å². The van der Waals surface area contributed by atoms with Gasteiger partial charge in [-0.2, -0.15) is 0 Å². The number of benzene rings is 2. The maximum atomic E-state index is 12.7. The number of carbonyl (C=O) groups is 3. The van der Waals surface area contributed by atoms with E-state index in [1.54, 1.807) is 60.7 Å². The summed E-state index contributed by atoms with van der Waals surface area (Å²) in [6, 6.07) is 16.9. The van der Waals surface area contributed by atoms with E-state index in [-0.39, 0.29) is 29.4 Å². The molecule has 1 aromatic heterocycles. The minimum absolute atomic E-state index is 0.0226. The van der Waals surface area contributed by atoms with Gasteiger partial charge in [0, 0.05) is 28.5 Å². The van der Waals surface area contributed by atoms with Gasteiger partial charge < -0.3 is 20.4 Å². The molecule has 0 aliphatic heterocycles. The van der Waals surface area contributed by atoms with E-state index < -0.39 is 0 Å². The third-order valence-corrected chi connectivity index (χ3v) is 5.51. The normalized spacial score (nSPS) is 13.9. The largest absolute Gasteiger partial charge is 0.459 e. The van der Waals surface area contributed by atoms with Crippen molar-refractivity contribution in [2.45, 2.75) is 32.1 Å². The first kappa shape index (κ1) is 21.4. The van der Waals surface area contributed by atoms with E-state index in [0.29, 0.717) is 22.6 Å². The van der Waals surface area contributed by atoms with Crippen LogP contribution >= 0.6 is 0 Å². The second-order valence-electron chi connectivity index (χ2n) is 7.87. The molecule has 1 aliphatic rings. The quantitative estimate of drug-likeness (QED) is 0.493. The fraction of sp³-hybridized carbons (Fsp3) is 0.240. The highest BCUT2D eigenvalue weighted by Gasteiger charge is 2.21. The van der Waals surface area contributed by atoms with Crippen molar-refractivity contribution in [1.29, 1.82) is 0 Å². The predicted molar refractivity (Wildman–Crippen MR) is 123 cm³/mol. The minimum Gasteiger partial charge on any atom is -0.459 e. The number of amides is 3. The Morgan fingerprint density at radius 3 is 2.06 bits per heavy atom. The molecular formula is C25H25N3O4. The van der Waals surface area contributed by atoms with Crippen molar-refractivity contribution in [2.75, 3.05) is 16.0 Å². The molecule has 164 valence electrons. The molecule has 1 saturated carbocycles. The number of hydrogen-bond acceptors (Lipinski definition) is 4. The van der Waals surface area contributed by atoms with E-state index in [2.05, 4.69) is 16.0 Å². The van der Waals surface area contributed by atoms with Crippen LogP contribution in [-0.4, -0.2) is 17.7 Å². The third-order valence-electron chi connectivity index (χ3n) is 5.51. The molecule has 1 aliphatic carbocycles. The van der Waals surface area contributed by atoms with Gasteiger partial charge in [-0.25, -0.2) is 0 Å². The summed E-state index contributed by atoms with van der Waals surface area (Å²) >= 11 is 0. The van der Waals surface area contributed by atoms with Gasteiger partial charge in [0.05, 0.1) is 6.26 Å². The van der Waals surface area contributed by atoms with Crippen LogP contribution in [-0.2, 0) is 4.79 Å². The highest BCUT2D eigenvalue weighted by Crippen LogP contribution is 2.25. The lowest BCUT2D eigenvalue weighted by molar-refractivity contribution is -0.120. The highest BCUT2D eigenvalue weighted by molar-refractivity contribution is 6.06. The van der Waals surface area contributed by atoms with Crippen molar-refractivity contribution in [3.05, 3.63) is 78.3 Å². The van der Waals surface area contributed by atoms with E-state index in [1.165, 1.54) is 12.7 Å². The lowest BCUT2D eigenvalue weighted by atomic mass is 9.88. The van der Waals surface area contributed by atoms with Gasteiger partial charge in [0.15, 0.2) is 5.76 Å². The summed E-state index contributed by atoms with van der Waals surface area (Å²) in [5, 5.41) is 8.49. The first-order valence-electron chi connectivity index (χ1n) is 10.8. The van der Waals surface area contributed by atoms with E-state index in [9.17, 15) is 14.4 Å². The average Bonchev–Trinajstić information content (AvgIpc) is 3.36. The van der Waals surface area contributed by atoms with Crippen LogP contribution in [0.15, 0.2) is 71.3 Å². The van der Waals surface area contributed by atoms with Gasteiger partial charge in [-0.05, 0) is 67.4 Å². The van der Waals surface area contributed by atoms with E-state index in [1.807, 2.05) is 0 Å². The summed E-state index contributed by atoms with van der Waals surface area (Å²) in [6.45, 7) is 0. The Labute approximate surface area is 186 Å². The Kier molecular flexibility index (Phi) is 6.65. The molecule has 3 amide bonds. The Balaban J connectivity index is 1.34. The summed E-state index contributed by atoms with van der Waals surface area (Å²) in [5.74, 6) is -0.342. The molecule has 0 bridgehead atoms. The van der Waals surface area contributed by atoms with Crippen molar-refractivity contribution in [3.63, 3.8) is 0 Å². The molecule has 7 heteroatoms. The Bertz CT molecular complexity index is 1080. The average molecular weight is 431 g/mol. The van der Waals surface area contributed by atoms with Crippen molar-refractivity contribution >= 4 is 34.8 Å². The summed E-state index contributed by atoms with van der Waals surface area (Å²) in [6.07, 6.45) is 6.65.